The van der Waals surface area contributed by atoms with Crippen LogP contribution >= 0.6 is 0 Å². The average Bonchev–Trinajstić information content (AvgIpc) is 3.03. The molecule has 0 amide bonds. The fourth-order valence-electron chi connectivity index (χ4n) is 1.86. The third-order valence-corrected chi connectivity index (χ3v) is 2.83. The topological polar surface area (TPSA) is 68.8 Å². The predicted octanol–water partition coefficient (Wildman–Crippen LogP) is 1.13. The van der Waals surface area contributed by atoms with Crippen molar-refractivity contribution >= 4 is 10.9 Å². The number of fused-ring (bicyclic) bond motifs is 1. The highest BCUT2D eigenvalue weighted by Crippen LogP contribution is 2.17. The summed E-state index contributed by atoms with van der Waals surface area (Å²) in [5.41, 5.74) is 2.36. The van der Waals surface area contributed by atoms with Gasteiger partial charge in [0.15, 0.2) is 0 Å². The first-order valence-corrected chi connectivity index (χ1v) is 5.80. The zero-order valence-corrected chi connectivity index (χ0v) is 9.98. The number of aromatic nitrogens is 5. The number of hydrogen-bond donors (Lipinski definition) is 1. The smallest absolute Gasteiger partial charge is 0.109 e. The van der Waals surface area contributed by atoms with Gasteiger partial charge < -0.3 is 5.11 Å². The average molecular weight is 243 g/mol. The summed E-state index contributed by atoms with van der Waals surface area (Å²) in [6.07, 6.45) is 3.72. The van der Waals surface area contributed by atoms with Crippen molar-refractivity contribution in [2.45, 2.75) is 20.1 Å². The SMILES string of the molecule is CCn1cc2ccc(-n3cc(CO)nn3)cc2n1. The normalized spacial score (nSPS) is 11.2. The van der Waals surface area contributed by atoms with Gasteiger partial charge in [0.1, 0.15) is 5.69 Å². The van der Waals surface area contributed by atoms with E-state index < -0.39 is 0 Å². The van der Waals surface area contributed by atoms with Crippen LogP contribution in [0, 0.1) is 0 Å². The van der Waals surface area contributed by atoms with E-state index in [1.165, 1.54) is 0 Å². The largest absolute Gasteiger partial charge is 0.390 e. The Morgan fingerprint density at radius 3 is 2.89 bits per heavy atom. The Hall–Kier alpha value is -2.21. The van der Waals surface area contributed by atoms with Crippen LogP contribution in [0.5, 0.6) is 0 Å². The second kappa shape index (κ2) is 4.23. The highest BCUT2D eigenvalue weighted by molar-refractivity contribution is 5.80. The van der Waals surface area contributed by atoms with Gasteiger partial charge in [-0.25, -0.2) is 4.68 Å². The summed E-state index contributed by atoms with van der Waals surface area (Å²) >= 11 is 0. The van der Waals surface area contributed by atoms with Gasteiger partial charge in [-0.15, -0.1) is 5.10 Å². The van der Waals surface area contributed by atoms with Gasteiger partial charge in [0.25, 0.3) is 0 Å². The molecule has 0 aliphatic carbocycles. The lowest BCUT2D eigenvalue weighted by atomic mass is 10.2. The fourth-order valence-corrected chi connectivity index (χ4v) is 1.86. The van der Waals surface area contributed by atoms with Crippen LogP contribution in [-0.4, -0.2) is 29.9 Å². The summed E-state index contributed by atoms with van der Waals surface area (Å²) in [5, 5.41) is 22.3. The maximum Gasteiger partial charge on any atom is 0.109 e. The third kappa shape index (κ3) is 1.76. The maximum absolute atomic E-state index is 8.97. The van der Waals surface area contributed by atoms with Gasteiger partial charge in [-0.2, -0.15) is 5.10 Å². The number of nitrogens with zero attached hydrogens (tertiary/aromatic N) is 5. The van der Waals surface area contributed by atoms with Gasteiger partial charge in [-0.1, -0.05) is 5.21 Å². The highest BCUT2D eigenvalue weighted by atomic mass is 16.3. The molecule has 1 aromatic carbocycles. The molecule has 0 atom stereocenters. The molecule has 0 saturated heterocycles. The van der Waals surface area contributed by atoms with Crippen molar-refractivity contribution in [3.05, 3.63) is 36.3 Å². The summed E-state index contributed by atoms with van der Waals surface area (Å²) in [6, 6.07) is 5.92. The Kier molecular flexibility index (Phi) is 2.56. The number of rotatable bonds is 3. The Labute approximate surface area is 103 Å². The van der Waals surface area contributed by atoms with Crippen LogP contribution in [0.4, 0.5) is 0 Å². The molecule has 0 aliphatic rings. The molecule has 0 saturated carbocycles. The molecular weight excluding hydrogens is 230 g/mol. The summed E-state index contributed by atoms with van der Waals surface area (Å²) in [6.45, 7) is 2.80. The van der Waals surface area contributed by atoms with E-state index in [2.05, 4.69) is 22.3 Å². The van der Waals surface area contributed by atoms with Gasteiger partial charge in [0, 0.05) is 18.1 Å². The third-order valence-electron chi connectivity index (χ3n) is 2.83. The van der Waals surface area contributed by atoms with Crippen molar-refractivity contribution in [1.82, 2.24) is 24.8 Å². The van der Waals surface area contributed by atoms with Crippen LogP contribution in [0.2, 0.25) is 0 Å². The van der Waals surface area contributed by atoms with Gasteiger partial charge in [-0.3, -0.25) is 4.68 Å². The van der Waals surface area contributed by atoms with Crippen LogP contribution in [-0.2, 0) is 13.2 Å². The first kappa shape index (κ1) is 10.9. The van der Waals surface area contributed by atoms with Crippen LogP contribution in [0.3, 0.4) is 0 Å². The minimum atomic E-state index is -0.104. The van der Waals surface area contributed by atoms with E-state index in [4.69, 9.17) is 5.11 Å². The molecule has 0 fully saturated rings. The summed E-state index contributed by atoms with van der Waals surface area (Å²) in [7, 11) is 0. The molecule has 0 radical (unpaired) electrons. The molecule has 0 aliphatic heterocycles. The molecule has 0 spiro atoms. The summed E-state index contributed by atoms with van der Waals surface area (Å²) in [4.78, 5) is 0. The van der Waals surface area contributed by atoms with Crippen molar-refractivity contribution in [2.24, 2.45) is 0 Å². The van der Waals surface area contributed by atoms with Crippen molar-refractivity contribution < 1.29 is 5.11 Å². The van der Waals surface area contributed by atoms with Crippen molar-refractivity contribution in [3.63, 3.8) is 0 Å². The lowest BCUT2D eigenvalue weighted by Crippen LogP contribution is -1.95. The van der Waals surface area contributed by atoms with Crippen LogP contribution in [0.15, 0.2) is 30.6 Å². The Morgan fingerprint density at radius 1 is 1.28 bits per heavy atom. The zero-order valence-electron chi connectivity index (χ0n) is 9.98. The molecular formula is C12H13N5O. The van der Waals surface area contributed by atoms with Crippen molar-refractivity contribution in [3.8, 4) is 5.69 Å². The molecule has 2 aromatic heterocycles. The van der Waals surface area contributed by atoms with Gasteiger partial charge in [0.05, 0.1) is 24.0 Å². The van der Waals surface area contributed by atoms with E-state index in [9.17, 15) is 0 Å². The van der Waals surface area contributed by atoms with Crippen LogP contribution < -0.4 is 0 Å². The number of benzene rings is 1. The maximum atomic E-state index is 8.97. The second-order valence-corrected chi connectivity index (χ2v) is 4.04. The van der Waals surface area contributed by atoms with Crippen LogP contribution in [0.25, 0.3) is 16.6 Å². The molecule has 3 aromatic rings. The number of hydrogen-bond acceptors (Lipinski definition) is 4. The molecule has 6 heteroatoms. The minimum absolute atomic E-state index is 0.104. The standard InChI is InChI=1S/C12H13N5O/c1-2-16-6-9-3-4-11(5-12(9)14-16)17-7-10(8-18)13-15-17/h3-7,18H,2,8H2,1H3. The van der Waals surface area contributed by atoms with E-state index in [1.807, 2.05) is 29.1 Å². The molecule has 3 rings (SSSR count). The van der Waals surface area contributed by atoms with E-state index in [0.717, 1.165) is 23.1 Å². The van der Waals surface area contributed by atoms with E-state index in [-0.39, 0.29) is 6.61 Å². The minimum Gasteiger partial charge on any atom is -0.390 e. The van der Waals surface area contributed by atoms with Crippen LogP contribution in [0.1, 0.15) is 12.6 Å². The van der Waals surface area contributed by atoms with Crippen molar-refractivity contribution in [2.75, 3.05) is 0 Å². The van der Waals surface area contributed by atoms with Gasteiger partial charge in [0.2, 0.25) is 0 Å². The fraction of sp³-hybridized carbons (Fsp3) is 0.250. The molecule has 0 bridgehead atoms. The summed E-state index contributed by atoms with van der Waals surface area (Å²) in [5.74, 6) is 0. The predicted molar refractivity (Wildman–Crippen MR) is 66.2 cm³/mol. The second-order valence-electron chi connectivity index (χ2n) is 4.04. The molecule has 18 heavy (non-hydrogen) atoms. The Balaban J connectivity index is 2.06. The molecule has 1 N–H and O–H groups in total. The first-order valence-electron chi connectivity index (χ1n) is 5.80. The first-order chi connectivity index (χ1) is 8.80. The van der Waals surface area contributed by atoms with E-state index in [0.29, 0.717) is 5.69 Å². The van der Waals surface area contributed by atoms with Gasteiger partial charge in [-0.05, 0) is 25.1 Å². The monoisotopic (exact) mass is 243 g/mol. The number of aliphatic hydroxyl groups excluding tert-OH is 1. The Morgan fingerprint density at radius 2 is 2.17 bits per heavy atom. The quantitative estimate of drug-likeness (QED) is 0.748. The van der Waals surface area contributed by atoms with E-state index in [1.54, 1.807) is 10.9 Å². The van der Waals surface area contributed by atoms with Gasteiger partial charge >= 0.3 is 0 Å². The highest BCUT2D eigenvalue weighted by Gasteiger charge is 2.05. The molecule has 6 nitrogen and oxygen atoms in total. The summed E-state index contributed by atoms with van der Waals surface area (Å²) < 4.78 is 3.53. The lowest BCUT2D eigenvalue weighted by Gasteiger charge is -1.98. The Bertz CT molecular complexity index is 685. The number of aryl methyl sites for hydroxylation is 1. The lowest BCUT2D eigenvalue weighted by molar-refractivity contribution is 0.276. The van der Waals surface area contributed by atoms with Crippen molar-refractivity contribution in [1.29, 1.82) is 0 Å². The number of aliphatic hydroxyl groups is 1. The molecule has 0 unspecified atom stereocenters. The molecule has 92 valence electrons. The van der Waals surface area contributed by atoms with E-state index >= 15 is 0 Å². The zero-order chi connectivity index (χ0) is 12.5. The molecule has 2 heterocycles.